The van der Waals surface area contributed by atoms with Gasteiger partial charge < -0.3 is 0 Å². The molecule has 0 atom stereocenters. The summed E-state index contributed by atoms with van der Waals surface area (Å²) in [4.78, 5) is 12.5. The van der Waals surface area contributed by atoms with E-state index >= 15 is 0 Å². The first-order chi connectivity index (χ1) is 10.1. The number of pyridine rings is 1. The van der Waals surface area contributed by atoms with E-state index < -0.39 is 0 Å². The maximum Gasteiger partial charge on any atom is 0.308 e. The Labute approximate surface area is 137 Å². The molecule has 3 rings (SSSR count). The zero-order valence-corrected chi connectivity index (χ0v) is 14.2. The molecule has 1 aromatic heterocycles. The van der Waals surface area contributed by atoms with Crippen molar-refractivity contribution in [3.05, 3.63) is 62.3 Å². The molecule has 5 heteroatoms. The van der Waals surface area contributed by atoms with Crippen LogP contribution in [0.4, 0.5) is 0 Å². The van der Waals surface area contributed by atoms with E-state index in [0.29, 0.717) is 22.7 Å². The van der Waals surface area contributed by atoms with Crippen LogP contribution in [0.5, 0.6) is 0 Å². The minimum Gasteiger partial charge on any atom is -0.284 e. The summed E-state index contributed by atoms with van der Waals surface area (Å²) in [5.41, 5.74) is 2.68. The molecular formula is C16H16BrClNO2+. The Bertz CT molecular complexity index is 701. The van der Waals surface area contributed by atoms with Gasteiger partial charge in [-0.05, 0) is 58.6 Å². The SMILES string of the molecule is CC.O=C1c2ccc(Cl)cc2CCc2cc(Br)c[n+](O)c21. The average molecular weight is 370 g/mol. The summed E-state index contributed by atoms with van der Waals surface area (Å²) >= 11 is 9.29. The number of nitrogens with zero attached hydrogens (tertiary/aromatic N) is 1. The van der Waals surface area contributed by atoms with Crippen molar-refractivity contribution in [2.45, 2.75) is 26.7 Å². The second-order valence-corrected chi connectivity index (χ2v) is 5.86. The molecule has 110 valence electrons. The fourth-order valence-corrected chi connectivity index (χ4v) is 3.09. The number of hydrogen-bond acceptors (Lipinski definition) is 2. The highest BCUT2D eigenvalue weighted by Crippen LogP contribution is 2.26. The topological polar surface area (TPSA) is 41.2 Å². The van der Waals surface area contributed by atoms with Crippen LogP contribution in [0, 0.1) is 0 Å². The molecule has 0 amide bonds. The van der Waals surface area contributed by atoms with Crippen LogP contribution in [0.1, 0.15) is 41.0 Å². The van der Waals surface area contributed by atoms with Gasteiger partial charge in [0, 0.05) is 20.9 Å². The Morgan fingerprint density at radius 3 is 2.57 bits per heavy atom. The van der Waals surface area contributed by atoms with Gasteiger partial charge in [0.1, 0.15) is 0 Å². The van der Waals surface area contributed by atoms with Crippen LogP contribution in [0.15, 0.2) is 34.9 Å². The predicted octanol–water partition coefficient (Wildman–Crippen LogP) is 3.98. The molecular weight excluding hydrogens is 354 g/mol. The van der Waals surface area contributed by atoms with Gasteiger partial charge in [0.25, 0.3) is 5.78 Å². The smallest absolute Gasteiger partial charge is 0.284 e. The molecule has 1 aliphatic rings. The van der Waals surface area contributed by atoms with E-state index in [1.807, 2.05) is 26.0 Å². The van der Waals surface area contributed by atoms with Crippen LogP contribution in [0.25, 0.3) is 0 Å². The van der Waals surface area contributed by atoms with Gasteiger partial charge >= 0.3 is 5.69 Å². The van der Waals surface area contributed by atoms with Crippen molar-refractivity contribution in [1.82, 2.24) is 0 Å². The Kier molecular flexibility index (Phi) is 5.01. The lowest BCUT2D eigenvalue weighted by Crippen LogP contribution is -2.39. The van der Waals surface area contributed by atoms with Crippen LogP contribution in [-0.2, 0) is 12.8 Å². The highest BCUT2D eigenvalue weighted by molar-refractivity contribution is 9.10. The number of benzene rings is 1. The van der Waals surface area contributed by atoms with Crippen LogP contribution >= 0.6 is 27.5 Å². The number of rotatable bonds is 0. The normalized spacial score (nSPS) is 12.7. The summed E-state index contributed by atoms with van der Waals surface area (Å²) in [6.45, 7) is 4.00. The molecule has 0 spiro atoms. The summed E-state index contributed by atoms with van der Waals surface area (Å²) in [5, 5.41) is 10.6. The van der Waals surface area contributed by atoms with E-state index in [1.54, 1.807) is 12.1 Å². The zero-order chi connectivity index (χ0) is 15.6. The first-order valence-corrected chi connectivity index (χ1v) is 8.00. The number of hydrogen-bond donors (Lipinski definition) is 1. The molecule has 0 fully saturated rings. The van der Waals surface area contributed by atoms with Gasteiger partial charge in [-0.15, -0.1) is 0 Å². The quantitative estimate of drug-likeness (QED) is 0.563. The summed E-state index contributed by atoms with van der Waals surface area (Å²) in [6, 6.07) is 7.10. The number of ketones is 1. The van der Waals surface area contributed by atoms with Gasteiger partial charge in [0.05, 0.1) is 4.47 Å². The number of halogens is 2. The van der Waals surface area contributed by atoms with Gasteiger partial charge in [0.15, 0.2) is 0 Å². The van der Waals surface area contributed by atoms with Gasteiger partial charge in [-0.3, -0.25) is 10.0 Å². The first kappa shape index (κ1) is 16.0. The minimum absolute atomic E-state index is 0.172. The Morgan fingerprint density at radius 2 is 1.86 bits per heavy atom. The van der Waals surface area contributed by atoms with Crippen LogP contribution < -0.4 is 4.73 Å². The lowest BCUT2D eigenvalue weighted by Gasteiger charge is -2.03. The molecule has 0 aliphatic heterocycles. The fraction of sp³-hybridized carbons (Fsp3) is 0.250. The number of aryl methyl sites for hydroxylation is 2. The molecule has 3 nitrogen and oxygen atoms in total. The lowest BCUT2D eigenvalue weighted by molar-refractivity contribution is -0.906. The molecule has 21 heavy (non-hydrogen) atoms. The summed E-state index contributed by atoms with van der Waals surface area (Å²) in [7, 11) is 0. The maximum absolute atomic E-state index is 12.5. The van der Waals surface area contributed by atoms with Crippen LogP contribution in [-0.4, -0.2) is 11.0 Å². The van der Waals surface area contributed by atoms with Gasteiger partial charge in [-0.25, -0.2) is 0 Å². The van der Waals surface area contributed by atoms with Crippen molar-refractivity contribution in [1.29, 1.82) is 0 Å². The van der Waals surface area contributed by atoms with Crippen molar-refractivity contribution in [2.75, 3.05) is 0 Å². The Hall–Kier alpha value is -1.39. The monoisotopic (exact) mass is 368 g/mol. The fourth-order valence-electron chi connectivity index (χ4n) is 2.43. The van der Waals surface area contributed by atoms with Gasteiger partial charge in [-0.2, -0.15) is 0 Å². The van der Waals surface area contributed by atoms with Crippen molar-refractivity contribution >= 4 is 33.3 Å². The summed E-state index contributed by atoms with van der Waals surface area (Å²) in [5.74, 6) is -0.172. The van der Waals surface area contributed by atoms with Crippen molar-refractivity contribution in [3.8, 4) is 0 Å². The minimum atomic E-state index is -0.172. The summed E-state index contributed by atoms with van der Waals surface area (Å²) < 4.78 is 1.64. The average Bonchev–Trinajstić information content (AvgIpc) is 2.58. The third kappa shape index (κ3) is 3.11. The number of fused-ring (bicyclic) bond motifs is 2. The van der Waals surface area contributed by atoms with Crippen LogP contribution in [0.2, 0.25) is 5.02 Å². The van der Waals surface area contributed by atoms with E-state index in [-0.39, 0.29) is 5.78 Å². The highest BCUT2D eigenvalue weighted by Gasteiger charge is 2.31. The van der Waals surface area contributed by atoms with Crippen molar-refractivity contribution in [2.24, 2.45) is 0 Å². The third-order valence-corrected chi connectivity index (χ3v) is 3.95. The van der Waals surface area contributed by atoms with Crippen LogP contribution in [0.3, 0.4) is 0 Å². The van der Waals surface area contributed by atoms with Gasteiger partial charge in [0.2, 0.25) is 6.20 Å². The highest BCUT2D eigenvalue weighted by atomic mass is 79.9. The second-order valence-electron chi connectivity index (χ2n) is 4.51. The maximum atomic E-state index is 12.5. The lowest BCUT2D eigenvalue weighted by atomic mass is 10.0. The molecule has 1 aliphatic carbocycles. The molecule has 1 N–H and O–H groups in total. The largest absolute Gasteiger partial charge is 0.308 e. The molecule has 2 aromatic rings. The van der Waals surface area contributed by atoms with Crippen molar-refractivity contribution < 1.29 is 14.7 Å². The molecule has 1 heterocycles. The Balaban J connectivity index is 0.000000774. The molecule has 0 saturated heterocycles. The standard InChI is InChI=1S/C14H10BrClNO2.C2H6/c15-10-5-9-2-1-8-6-11(16)3-4-12(8)14(18)13(9)17(19)7-10;1-2/h3-7,19H,1-2H2;1-2H3/q+1;. The number of carbonyl (C=O) groups is 1. The van der Waals surface area contributed by atoms with Gasteiger partial charge in [-0.1, -0.05) is 25.4 Å². The molecule has 0 unspecified atom stereocenters. The zero-order valence-electron chi connectivity index (χ0n) is 11.9. The number of aromatic nitrogens is 1. The van der Waals surface area contributed by atoms with E-state index in [9.17, 15) is 10.0 Å². The second kappa shape index (κ2) is 6.58. The van der Waals surface area contributed by atoms with E-state index in [1.165, 1.54) is 6.20 Å². The first-order valence-electron chi connectivity index (χ1n) is 6.83. The van der Waals surface area contributed by atoms with Crippen molar-refractivity contribution in [3.63, 3.8) is 0 Å². The summed E-state index contributed by atoms with van der Waals surface area (Å²) in [6.07, 6.45) is 2.89. The third-order valence-electron chi connectivity index (χ3n) is 3.28. The predicted molar refractivity (Wildman–Crippen MR) is 85.2 cm³/mol. The number of carbonyl (C=O) groups excluding carboxylic acids is 1. The molecule has 0 bridgehead atoms. The van der Waals surface area contributed by atoms with E-state index in [4.69, 9.17) is 11.6 Å². The molecule has 0 radical (unpaired) electrons. The Morgan fingerprint density at radius 1 is 1.19 bits per heavy atom. The van der Waals surface area contributed by atoms with E-state index in [2.05, 4.69) is 15.9 Å². The van der Waals surface area contributed by atoms with E-state index in [0.717, 1.165) is 26.8 Å². The molecule has 1 aromatic carbocycles. The molecule has 0 saturated carbocycles.